The van der Waals surface area contributed by atoms with E-state index in [0.717, 1.165) is 19.3 Å². The minimum absolute atomic E-state index is 0.00741. The highest BCUT2D eigenvalue weighted by molar-refractivity contribution is 6.15. The topological polar surface area (TPSA) is 65.1 Å². The Kier molecular flexibility index (Phi) is 4.46. The number of carbonyl (C=O) groups is 2. The van der Waals surface area contributed by atoms with E-state index in [0.29, 0.717) is 5.57 Å². The van der Waals surface area contributed by atoms with Crippen LogP contribution in [0, 0.1) is 5.41 Å². The van der Waals surface area contributed by atoms with Crippen LogP contribution >= 0.6 is 0 Å². The zero-order valence-corrected chi connectivity index (χ0v) is 14.8. The molecule has 0 radical (unpaired) electrons. The van der Waals surface area contributed by atoms with E-state index in [9.17, 15) is 9.59 Å². The maximum atomic E-state index is 11.8. The SMILES string of the molecule is COC(=O)C(C(=O)OC)=C(C)/C=C/[C@]12O[C@@]1(C)CCCC2(C)C. The number of carbonyl (C=O) groups excluding carboxylic acids is 2. The number of hydrogen-bond donors (Lipinski definition) is 0. The lowest BCUT2D eigenvalue weighted by Crippen LogP contribution is -2.41. The van der Waals surface area contributed by atoms with Gasteiger partial charge in [0.15, 0.2) is 0 Å². The quantitative estimate of drug-likeness (QED) is 0.199. The summed E-state index contributed by atoms with van der Waals surface area (Å²) < 4.78 is 15.5. The summed E-state index contributed by atoms with van der Waals surface area (Å²) in [5.74, 6) is -1.39. The summed E-state index contributed by atoms with van der Waals surface area (Å²) >= 11 is 0. The summed E-state index contributed by atoms with van der Waals surface area (Å²) in [4.78, 5) is 23.7. The van der Waals surface area contributed by atoms with E-state index in [4.69, 9.17) is 4.74 Å². The Balaban J connectivity index is 2.36. The third-order valence-corrected chi connectivity index (χ3v) is 5.33. The molecule has 0 aromatic rings. The minimum Gasteiger partial charge on any atom is -0.465 e. The first kappa shape index (κ1) is 17.7. The van der Waals surface area contributed by atoms with Crippen molar-refractivity contribution >= 4 is 11.9 Å². The van der Waals surface area contributed by atoms with Crippen LogP contribution in [0.25, 0.3) is 0 Å². The Hall–Kier alpha value is -1.62. The van der Waals surface area contributed by atoms with E-state index in [-0.39, 0.29) is 22.2 Å². The maximum absolute atomic E-state index is 11.8. The first-order valence-corrected chi connectivity index (χ1v) is 7.91. The summed E-state index contributed by atoms with van der Waals surface area (Å²) in [6.45, 7) is 8.22. The number of methoxy groups -OCH3 is 2. The fraction of sp³-hybridized carbons (Fsp3) is 0.667. The van der Waals surface area contributed by atoms with Gasteiger partial charge in [0.2, 0.25) is 0 Å². The summed E-state index contributed by atoms with van der Waals surface area (Å²) in [5.41, 5.74) is -0.0806. The Morgan fingerprint density at radius 3 is 2.09 bits per heavy atom. The normalized spacial score (nSPS) is 31.2. The van der Waals surface area contributed by atoms with Crippen molar-refractivity contribution in [2.75, 3.05) is 14.2 Å². The van der Waals surface area contributed by atoms with Crippen molar-refractivity contribution in [1.29, 1.82) is 0 Å². The molecule has 0 aromatic carbocycles. The lowest BCUT2D eigenvalue weighted by molar-refractivity contribution is -0.144. The molecule has 1 aliphatic heterocycles. The number of esters is 2. The van der Waals surface area contributed by atoms with Gasteiger partial charge in [-0.3, -0.25) is 0 Å². The lowest BCUT2D eigenvalue weighted by atomic mass is 9.64. The largest absolute Gasteiger partial charge is 0.465 e. The summed E-state index contributed by atoms with van der Waals surface area (Å²) in [5, 5.41) is 0. The molecule has 2 aliphatic rings. The molecule has 1 aliphatic carbocycles. The van der Waals surface area contributed by atoms with E-state index in [1.807, 2.05) is 6.08 Å². The number of fused-ring (bicyclic) bond motifs is 1. The predicted octanol–water partition coefficient (Wildman–Crippen LogP) is 2.94. The van der Waals surface area contributed by atoms with Crippen LogP contribution in [-0.4, -0.2) is 37.4 Å². The average Bonchev–Trinajstić information content (AvgIpc) is 3.12. The molecule has 2 fully saturated rings. The molecule has 5 nitrogen and oxygen atoms in total. The van der Waals surface area contributed by atoms with Crippen LogP contribution < -0.4 is 0 Å². The Labute approximate surface area is 137 Å². The van der Waals surface area contributed by atoms with Gasteiger partial charge in [0.25, 0.3) is 0 Å². The molecular weight excluding hydrogens is 296 g/mol. The summed E-state index contributed by atoms with van der Waals surface area (Å²) in [7, 11) is 2.48. The third-order valence-electron chi connectivity index (χ3n) is 5.33. The zero-order valence-electron chi connectivity index (χ0n) is 14.8. The summed E-state index contributed by atoms with van der Waals surface area (Å²) in [6, 6.07) is 0. The third kappa shape index (κ3) is 2.71. The molecule has 128 valence electrons. The van der Waals surface area contributed by atoms with E-state index >= 15 is 0 Å². The Morgan fingerprint density at radius 2 is 1.61 bits per heavy atom. The number of hydrogen-bond acceptors (Lipinski definition) is 5. The van der Waals surface area contributed by atoms with Crippen molar-refractivity contribution in [2.24, 2.45) is 5.41 Å². The zero-order chi connectivity index (χ0) is 17.5. The first-order valence-electron chi connectivity index (χ1n) is 7.91. The molecule has 23 heavy (non-hydrogen) atoms. The molecule has 1 heterocycles. The van der Waals surface area contributed by atoms with Gasteiger partial charge in [-0.25, -0.2) is 9.59 Å². The lowest BCUT2D eigenvalue weighted by Gasteiger charge is -2.36. The van der Waals surface area contributed by atoms with Gasteiger partial charge < -0.3 is 14.2 Å². The van der Waals surface area contributed by atoms with Crippen LogP contribution in [0.3, 0.4) is 0 Å². The predicted molar refractivity (Wildman–Crippen MR) is 85.7 cm³/mol. The molecule has 2 atom stereocenters. The second kappa shape index (κ2) is 5.78. The Morgan fingerprint density at radius 1 is 1.04 bits per heavy atom. The van der Waals surface area contributed by atoms with Gasteiger partial charge in [0.05, 0.1) is 19.8 Å². The van der Waals surface area contributed by atoms with Crippen LogP contribution in [0.1, 0.15) is 47.0 Å². The van der Waals surface area contributed by atoms with Crippen LogP contribution in [0.5, 0.6) is 0 Å². The van der Waals surface area contributed by atoms with Gasteiger partial charge in [0, 0.05) is 5.41 Å². The highest BCUT2D eigenvalue weighted by Crippen LogP contribution is 2.66. The second-order valence-electron chi connectivity index (χ2n) is 7.18. The van der Waals surface area contributed by atoms with Gasteiger partial charge in [0.1, 0.15) is 11.2 Å². The minimum atomic E-state index is -0.695. The van der Waals surface area contributed by atoms with Gasteiger partial charge in [-0.2, -0.15) is 0 Å². The molecule has 0 bridgehead atoms. The van der Waals surface area contributed by atoms with E-state index in [2.05, 4.69) is 30.2 Å². The molecule has 2 rings (SSSR count). The van der Waals surface area contributed by atoms with Crippen molar-refractivity contribution in [2.45, 2.75) is 58.2 Å². The van der Waals surface area contributed by atoms with E-state index in [1.165, 1.54) is 14.2 Å². The number of ether oxygens (including phenoxy) is 3. The van der Waals surface area contributed by atoms with Crippen molar-refractivity contribution < 1.29 is 23.8 Å². The number of epoxide rings is 1. The number of allylic oxidation sites excluding steroid dienone is 2. The summed E-state index contributed by atoms with van der Waals surface area (Å²) in [6.07, 6.45) is 7.01. The molecule has 5 heteroatoms. The van der Waals surface area contributed by atoms with Gasteiger partial charge in [-0.15, -0.1) is 0 Å². The highest BCUT2D eigenvalue weighted by Gasteiger charge is 2.73. The standard InChI is InChI=1S/C18H26O5/c1-12(13(14(19)21-5)15(20)22-6)8-11-18-16(2,3)9-7-10-17(18,4)23-18/h8,11H,7,9-10H2,1-6H3/b11-8+/t17-,18+/m0/s1. The first-order chi connectivity index (χ1) is 10.6. The molecule has 1 saturated heterocycles. The van der Waals surface area contributed by atoms with Crippen molar-refractivity contribution in [3.63, 3.8) is 0 Å². The average molecular weight is 322 g/mol. The molecular formula is C18H26O5. The van der Waals surface area contributed by atoms with Crippen molar-refractivity contribution in [3.8, 4) is 0 Å². The smallest absolute Gasteiger partial charge is 0.345 e. The molecule has 0 amide bonds. The monoisotopic (exact) mass is 322 g/mol. The van der Waals surface area contributed by atoms with Crippen LogP contribution in [0.2, 0.25) is 0 Å². The molecule has 0 unspecified atom stereocenters. The molecule has 0 spiro atoms. The fourth-order valence-corrected chi connectivity index (χ4v) is 3.84. The van der Waals surface area contributed by atoms with Crippen molar-refractivity contribution in [3.05, 3.63) is 23.3 Å². The Bertz CT molecular complexity index is 568. The fourth-order valence-electron chi connectivity index (χ4n) is 3.84. The maximum Gasteiger partial charge on any atom is 0.345 e. The van der Waals surface area contributed by atoms with Crippen LogP contribution in [0.4, 0.5) is 0 Å². The van der Waals surface area contributed by atoms with E-state index in [1.54, 1.807) is 13.0 Å². The van der Waals surface area contributed by atoms with Gasteiger partial charge in [-0.05, 0) is 44.8 Å². The molecule has 0 N–H and O–H groups in total. The molecule has 1 saturated carbocycles. The highest BCUT2D eigenvalue weighted by atomic mass is 16.6. The van der Waals surface area contributed by atoms with Crippen LogP contribution in [-0.2, 0) is 23.8 Å². The van der Waals surface area contributed by atoms with Crippen LogP contribution in [0.15, 0.2) is 23.3 Å². The molecule has 0 aromatic heterocycles. The second-order valence-corrected chi connectivity index (χ2v) is 7.18. The number of rotatable bonds is 4. The van der Waals surface area contributed by atoms with Crippen molar-refractivity contribution in [1.82, 2.24) is 0 Å². The van der Waals surface area contributed by atoms with Gasteiger partial charge >= 0.3 is 11.9 Å². The van der Waals surface area contributed by atoms with Gasteiger partial charge in [-0.1, -0.05) is 19.9 Å². The van der Waals surface area contributed by atoms with E-state index < -0.39 is 11.9 Å².